The van der Waals surface area contributed by atoms with Gasteiger partial charge in [-0.05, 0) is 85.2 Å². The molecular formula is C24H25BrN2O3. The Kier molecular flexibility index (Phi) is 7.60. The second-order valence-electron chi connectivity index (χ2n) is 6.92. The summed E-state index contributed by atoms with van der Waals surface area (Å²) in [6, 6.07) is 18.6. The van der Waals surface area contributed by atoms with E-state index in [1.807, 2.05) is 81.4 Å². The first kappa shape index (κ1) is 22.0. The van der Waals surface area contributed by atoms with E-state index >= 15 is 0 Å². The number of halogens is 1. The van der Waals surface area contributed by atoms with Gasteiger partial charge in [0.05, 0.1) is 21.8 Å². The molecule has 0 saturated carbocycles. The number of nitrogens with one attached hydrogen (secondary N) is 1. The third kappa shape index (κ3) is 5.90. The Morgan fingerprint density at radius 2 is 1.83 bits per heavy atom. The first-order valence-electron chi connectivity index (χ1n) is 9.88. The van der Waals surface area contributed by atoms with Gasteiger partial charge in [0.15, 0.2) is 0 Å². The largest absolute Gasteiger partial charge is 0.456 e. The smallest absolute Gasteiger partial charge is 0.257 e. The Morgan fingerprint density at radius 3 is 2.50 bits per heavy atom. The van der Waals surface area contributed by atoms with E-state index in [0.717, 1.165) is 22.3 Å². The van der Waals surface area contributed by atoms with Gasteiger partial charge in [-0.1, -0.05) is 12.1 Å². The molecule has 1 heterocycles. The molecule has 0 saturated heterocycles. The van der Waals surface area contributed by atoms with Gasteiger partial charge in [0.2, 0.25) is 0 Å². The second-order valence-corrected chi connectivity index (χ2v) is 7.77. The fraction of sp³-hybridized carbons (Fsp3) is 0.250. The molecule has 0 aliphatic rings. The molecule has 6 heteroatoms. The number of aromatic nitrogens is 1. The monoisotopic (exact) mass is 468 g/mol. The lowest BCUT2D eigenvalue weighted by atomic mass is 10.1. The predicted molar refractivity (Wildman–Crippen MR) is 122 cm³/mol. The topological polar surface area (TPSA) is 60.5 Å². The zero-order valence-corrected chi connectivity index (χ0v) is 18.9. The SMILES string of the molecule is CCOC(C)Cc1ccc(C(=O)Nc2ccc(Oc3ccccc3Br)cc2)c(C)n1. The van der Waals surface area contributed by atoms with Gasteiger partial charge in [-0.2, -0.15) is 0 Å². The molecule has 3 aromatic rings. The molecule has 3 rings (SSSR count). The molecule has 1 amide bonds. The van der Waals surface area contributed by atoms with Crippen LogP contribution in [0.1, 0.15) is 35.6 Å². The van der Waals surface area contributed by atoms with Crippen molar-refractivity contribution in [3.63, 3.8) is 0 Å². The minimum atomic E-state index is -0.191. The number of pyridine rings is 1. The zero-order valence-electron chi connectivity index (χ0n) is 17.3. The summed E-state index contributed by atoms with van der Waals surface area (Å²) in [5.74, 6) is 1.23. The molecule has 0 spiro atoms. The Morgan fingerprint density at radius 1 is 1.10 bits per heavy atom. The number of hydrogen-bond donors (Lipinski definition) is 1. The van der Waals surface area contributed by atoms with E-state index in [4.69, 9.17) is 9.47 Å². The average molecular weight is 469 g/mol. The first-order valence-corrected chi connectivity index (χ1v) is 10.7. The summed E-state index contributed by atoms with van der Waals surface area (Å²) in [5.41, 5.74) is 2.85. The van der Waals surface area contributed by atoms with Crippen molar-refractivity contribution in [2.45, 2.75) is 33.3 Å². The highest BCUT2D eigenvalue weighted by molar-refractivity contribution is 9.10. The lowest BCUT2D eigenvalue weighted by molar-refractivity contribution is 0.0761. The molecule has 0 radical (unpaired) electrons. The third-order valence-electron chi connectivity index (χ3n) is 4.51. The molecule has 0 aliphatic heterocycles. The molecule has 1 N–H and O–H groups in total. The number of carbonyl (C=O) groups is 1. The summed E-state index contributed by atoms with van der Waals surface area (Å²) in [5, 5.41) is 2.91. The minimum Gasteiger partial charge on any atom is -0.456 e. The van der Waals surface area contributed by atoms with Crippen LogP contribution in [-0.4, -0.2) is 23.6 Å². The van der Waals surface area contributed by atoms with Crippen molar-refractivity contribution >= 4 is 27.5 Å². The number of carbonyl (C=O) groups excluding carboxylic acids is 1. The highest BCUT2D eigenvalue weighted by Gasteiger charge is 2.13. The normalized spacial score (nSPS) is 11.7. The summed E-state index contributed by atoms with van der Waals surface area (Å²) in [6.07, 6.45) is 0.814. The Bertz CT molecular complexity index is 1010. The minimum absolute atomic E-state index is 0.0961. The molecule has 30 heavy (non-hydrogen) atoms. The van der Waals surface area contributed by atoms with E-state index in [1.54, 1.807) is 0 Å². The van der Waals surface area contributed by atoms with Crippen LogP contribution in [0.2, 0.25) is 0 Å². The van der Waals surface area contributed by atoms with Gasteiger partial charge in [-0.25, -0.2) is 0 Å². The van der Waals surface area contributed by atoms with E-state index in [-0.39, 0.29) is 12.0 Å². The number of para-hydroxylation sites is 1. The molecule has 1 atom stereocenters. The van der Waals surface area contributed by atoms with Gasteiger partial charge in [-0.3, -0.25) is 9.78 Å². The quantitative estimate of drug-likeness (QED) is 0.429. The van der Waals surface area contributed by atoms with Gasteiger partial charge in [0.1, 0.15) is 11.5 Å². The van der Waals surface area contributed by atoms with Crippen LogP contribution >= 0.6 is 15.9 Å². The van der Waals surface area contributed by atoms with Crippen molar-refractivity contribution in [2.75, 3.05) is 11.9 Å². The number of amides is 1. The van der Waals surface area contributed by atoms with Crippen molar-refractivity contribution in [3.8, 4) is 11.5 Å². The molecule has 0 bridgehead atoms. The lowest BCUT2D eigenvalue weighted by Gasteiger charge is -2.13. The summed E-state index contributed by atoms with van der Waals surface area (Å²) >= 11 is 3.46. The highest BCUT2D eigenvalue weighted by Crippen LogP contribution is 2.29. The Balaban J connectivity index is 1.63. The molecular weight excluding hydrogens is 444 g/mol. The number of hydrogen-bond acceptors (Lipinski definition) is 4. The van der Waals surface area contributed by atoms with Crippen molar-refractivity contribution in [2.24, 2.45) is 0 Å². The van der Waals surface area contributed by atoms with Crippen LogP contribution < -0.4 is 10.1 Å². The molecule has 5 nitrogen and oxygen atoms in total. The van der Waals surface area contributed by atoms with Crippen LogP contribution in [0.25, 0.3) is 0 Å². The van der Waals surface area contributed by atoms with Crippen LogP contribution in [0.4, 0.5) is 5.69 Å². The van der Waals surface area contributed by atoms with Crippen LogP contribution in [0.15, 0.2) is 65.1 Å². The second kappa shape index (κ2) is 10.4. The predicted octanol–water partition coefficient (Wildman–Crippen LogP) is 6.16. The number of rotatable bonds is 8. The number of ether oxygens (including phenoxy) is 2. The highest BCUT2D eigenvalue weighted by atomic mass is 79.9. The maximum absolute atomic E-state index is 12.7. The standard InChI is InChI=1S/C24H25BrN2O3/c1-4-29-16(2)15-19-11-14-21(17(3)26-19)24(28)27-18-9-12-20(13-10-18)30-23-8-6-5-7-22(23)25/h5-14,16H,4,15H2,1-3H3,(H,27,28). The maximum atomic E-state index is 12.7. The van der Waals surface area contributed by atoms with Gasteiger partial charge >= 0.3 is 0 Å². The maximum Gasteiger partial charge on any atom is 0.257 e. The fourth-order valence-corrected chi connectivity index (χ4v) is 3.43. The van der Waals surface area contributed by atoms with Gasteiger partial charge in [0.25, 0.3) is 5.91 Å². The molecule has 1 aromatic heterocycles. The third-order valence-corrected chi connectivity index (χ3v) is 5.17. The number of aryl methyl sites for hydroxylation is 1. The van der Waals surface area contributed by atoms with Gasteiger partial charge in [0, 0.05) is 24.4 Å². The van der Waals surface area contributed by atoms with Crippen molar-refractivity contribution in [1.82, 2.24) is 4.98 Å². The molecule has 1 unspecified atom stereocenters. The van der Waals surface area contributed by atoms with Gasteiger partial charge < -0.3 is 14.8 Å². The Labute approximate surface area is 185 Å². The molecule has 156 valence electrons. The average Bonchev–Trinajstić information content (AvgIpc) is 2.71. The zero-order chi connectivity index (χ0) is 21.5. The van der Waals surface area contributed by atoms with Crippen molar-refractivity contribution < 1.29 is 14.3 Å². The molecule has 0 aliphatic carbocycles. The summed E-state index contributed by atoms with van der Waals surface area (Å²) in [6.45, 7) is 6.51. The van der Waals surface area contributed by atoms with Gasteiger partial charge in [-0.15, -0.1) is 0 Å². The van der Waals surface area contributed by atoms with Crippen LogP contribution in [-0.2, 0) is 11.2 Å². The summed E-state index contributed by atoms with van der Waals surface area (Å²) in [7, 11) is 0. The lowest BCUT2D eigenvalue weighted by Crippen LogP contribution is -2.16. The molecule has 0 fully saturated rings. The summed E-state index contributed by atoms with van der Waals surface area (Å²) in [4.78, 5) is 17.2. The van der Waals surface area contributed by atoms with Crippen LogP contribution in [0.3, 0.4) is 0 Å². The summed E-state index contributed by atoms with van der Waals surface area (Å²) < 4.78 is 12.3. The van der Waals surface area contributed by atoms with E-state index < -0.39 is 0 Å². The van der Waals surface area contributed by atoms with Crippen LogP contribution in [0.5, 0.6) is 11.5 Å². The van der Waals surface area contributed by atoms with E-state index in [0.29, 0.717) is 29.3 Å². The molecule has 2 aromatic carbocycles. The number of anilines is 1. The van der Waals surface area contributed by atoms with Crippen molar-refractivity contribution in [3.05, 3.63) is 82.1 Å². The van der Waals surface area contributed by atoms with E-state index in [9.17, 15) is 4.79 Å². The first-order chi connectivity index (χ1) is 14.5. The number of benzene rings is 2. The Hall–Kier alpha value is -2.70. The van der Waals surface area contributed by atoms with Crippen molar-refractivity contribution in [1.29, 1.82) is 0 Å². The van der Waals surface area contributed by atoms with E-state index in [2.05, 4.69) is 26.2 Å². The van der Waals surface area contributed by atoms with E-state index in [1.165, 1.54) is 0 Å². The number of nitrogens with zero attached hydrogens (tertiary/aromatic N) is 1. The fourth-order valence-electron chi connectivity index (χ4n) is 3.06. The van der Waals surface area contributed by atoms with Crippen LogP contribution in [0, 0.1) is 6.92 Å².